The fraction of sp³-hybridized carbons (Fsp3) is 0.0357. The van der Waals surface area contributed by atoms with Crippen molar-refractivity contribution in [1.29, 1.82) is 0 Å². The van der Waals surface area contributed by atoms with E-state index in [-0.39, 0.29) is 0 Å². The monoisotopic (exact) mass is 437 g/mol. The van der Waals surface area contributed by atoms with Crippen molar-refractivity contribution in [2.24, 2.45) is 4.74 Å². The van der Waals surface area contributed by atoms with Crippen LogP contribution in [0.3, 0.4) is 0 Å². The fourth-order valence-electron chi connectivity index (χ4n) is 3.66. The standard InChI is InChI=1S/C28H24NO2P/c1-31-28(30)22-21-23-13-11-12-20-27(23)29-32(24-14-5-2-6-15-24,25-16-7-3-8-17-25)26-18-9-4-10-19-26/h2-22H,1H3/b22-21+. The highest BCUT2D eigenvalue weighted by Crippen LogP contribution is 2.49. The zero-order chi connectivity index (χ0) is 22.2. The number of methoxy groups -OCH3 is 1. The van der Waals surface area contributed by atoms with Crippen molar-refractivity contribution in [1.82, 2.24) is 0 Å². The van der Waals surface area contributed by atoms with E-state index in [1.54, 1.807) is 6.08 Å². The summed E-state index contributed by atoms with van der Waals surface area (Å²) in [6, 6.07) is 39.3. The Hall–Kier alpha value is -3.68. The third-order valence-electron chi connectivity index (χ3n) is 5.18. The molecule has 3 nitrogen and oxygen atoms in total. The molecule has 0 aromatic heterocycles. The lowest BCUT2D eigenvalue weighted by Crippen LogP contribution is -2.25. The van der Waals surface area contributed by atoms with E-state index in [1.807, 2.05) is 42.5 Å². The van der Waals surface area contributed by atoms with Gasteiger partial charge in [0.2, 0.25) is 0 Å². The average molecular weight is 437 g/mol. The first kappa shape index (κ1) is 21.5. The van der Waals surface area contributed by atoms with Gasteiger partial charge in [-0.15, -0.1) is 0 Å². The quantitative estimate of drug-likeness (QED) is 0.221. The van der Waals surface area contributed by atoms with E-state index in [2.05, 4.69) is 72.8 Å². The molecule has 4 aromatic rings. The van der Waals surface area contributed by atoms with Crippen LogP contribution < -0.4 is 15.9 Å². The average Bonchev–Trinajstić information content (AvgIpc) is 2.88. The molecule has 4 rings (SSSR count). The van der Waals surface area contributed by atoms with Crippen LogP contribution in [0.4, 0.5) is 5.69 Å². The summed E-state index contributed by atoms with van der Waals surface area (Å²) in [4.78, 5) is 11.7. The maximum Gasteiger partial charge on any atom is 0.330 e. The Labute approximate surface area is 189 Å². The van der Waals surface area contributed by atoms with Crippen molar-refractivity contribution in [2.75, 3.05) is 7.11 Å². The molecule has 0 aliphatic rings. The van der Waals surface area contributed by atoms with E-state index in [9.17, 15) is 4.79 Å². The van der Waals surface area contributed by atoms with Crippen LogP contribution in [0, 0.1) is 0 Å². The second kappa shape index (κ2) is 10.1. The van der Waals surface area contributed by atoms with Crippen molar-refractivity contribution in [3.8, 4) is 0 Å². The van der Waals surface area contributed by atoms with Crippen molar-refractivity contribution < 1.29 is 9.53 Å². The normalized spacial score (nSPS) is 11.3. The Morgan fingerprint density at radius 1 is 0.688 bits per heavy atom. The zero-order valence-electron chi connectivity index (χ0n) is 17.8. The molecule has 0 fully saturated rings. The predicted molar refractivity (Wildman–Crippen MR) is 135 cm³/mol. The van der Waals surface area contributed by atoms with Gasteiger partial charge < -0.3 is 4.74 Å². The smallest absolute Gasteiger partial charge is 0.330 e. The first-order valence-electron chi connectivity index (χ1n) is 10.4. The Kier molecular flexibility index (Phi) is 6.79. The van der Waals surface area contributed by atoms with E-state index in [0.717, 1.165) is 11.3 Å². The number of hydrogen-bond acceptors (Lipinski definition) is 3. The summed E-state index contributed by atoms with van der Waals surface area (Å²) in [5.74, 6) is -0.393. The van der Waals surface area contributed by atoms with E-state index in [4.69, 9.17) is 9.48 Å². The number of hydrogen-bond donors (Lipinski definition) is 0. The van der Waals surface area contributed by atoms with Gasteiger partial charge in [-0.2, -0.15) is 0 Å². The van der Waals surface area contributed by atoms with Crippen LogP contribution in [0.15, 0.2) is 126 Å². The van der Waals surface area contributed by atoms with Gasteiger partial charge in [0.05, 0.1) is 19.9 Å². The van der Waals surface area contributed by atoms with Crippen LogP contribution in [0.25, 0.3) is 6.08 Å². The lowest BCUT2D eigenvalue weighted by atomic mass is 10.2. The van der Waals surface area contributed by atoms with Gasteiger partial charge in [-0.3, -0.25) is 4.74 Å². The molecular weight excluding hydrogens is 413 g/mol. The minimum Gasteiger partial charge on any atom is -0.466 e. The highest BCUT2D eigenvalue weighted by molar-refractivity contribution is 7.87. The predicted octanol–water partition coefficient (Wildman–Crippen LogP) is 5.68. The fourth-order valence-corrected chi connectivity index (χ4v) is 7.22. The molecule has 0 spiro atoms. The molecule has 0 amide bonds. The summed E-state index contributed by atoms with van der Waals surface area (Å²) in [7, 11) is -1.01. The molecule has 4 heteroatoms. The molecule has 0 heterocycles. The SMILES string of the molecule is COC(=O)/C=C/c1ccccc1N=P(c1ccccc1)(c1ccccc1)c1ccccc1. The second-order valence-corrected chi connectivity index (χ2v) is 10.2. The Morgan fingerprint density at radius 3 is 1.59 bits per heavy atom. The molecule has 0 aliphatic heterocycles. The minimum atomic E-state index is -2.38. The topological polar surface area (TPSA) is 38.7 Å². The zero-order valence-corrected chi connectivity index (χ0v) is 18.7. The third kappa shape index (κ3) is 4.49. The molecule has 0 aliphatic carbocycles. The van der Waals surface area contributed by atoms with Gasteiger partial charge in [0.15, 0.2) is 0 Å². The molecule has 32 heavy (non-hydrogen) atoms. The van der Waals surface area contributed by atoms with Gasteiger partial charge >= 0.3 is 5.97 Å². The molecule has 0 unspecified atom stereocenters. The van der Waals surface area contributed by atoms with Gasteiger partial charge in [-0.25, -0.2) is 4.79 Å². The number of benzene rings is 4. The molecule has 0 bridgehead atoms. The molecule has 158 valence electrons. The summed E-state index contributed by atoms with van der Waals surface area (Å²) in [5, 5.41) is 3.51. The van der Waals surface area contributed by atoms with E-state index >= 15 is 0 Å². The van der Waals surface area contributed by atoms with Crippen molar-refractivity contribution in [3.63, 3.8) is 0 Å². The van der Waals surface area contributed by atoms with Gasteiger partial charge in [-0.05, 0) is 12.1 Å². The number of esters is 1. The van der Waals surface area contributed by atoms with Crippen LogP contribution in [0.2, 0.25) is 0 Å². The first-order chi connectivity index (χ1) is 15.7. The molecule has 4 aromatic carbocycles. The van der Waals surface area contributed by atoms with Crippen LogP contribution in [0.5, 0.6) is 0 Å². The number of carbonyl (C=O) groups excluding carboxylic acids is 1. The summed E-state index contributed by atoms with van der Waals surface area (Å²) < 4.78 is 10.3. The van der Waals surface area contributed by atoms with E-state index in [1.165, 1.54) is 29.1 Å². The Bertz CT molecular complexity index is 1160. The summed E-state index contributed by atoms with van der Waals surface area (Å²) in [6.07, 6.45) is 3.20. The summed E-state index contributed by atoms with van der Waals surface area (Å²) in [6.45, 7) is 0. The molecule has 0 saturated heterocycles. The highest BCUT2D eigenvalue weighted by Gasteiger charge is 2.27. The maximum absolute atomic E-state index is 11.7. The Balaban J connectivity index is 2.07. The summed E-state index contributed by atoms with van der Waals surface area (Å²) in [5.41, 5.74) is 1.70. The minimum absolute atomic E-state index is 0.393. The number of rotatable bonds is 6. The van der Waals surface area contributed by atoms with Crippen LogP contribution >= 0.6 is 7.05 Å². The van der Waals surface area contributed by atoms with Gasteiger partial charge in [0.1, 0.15) is 0 Å². The number of ether oxygens (including phenoxy) is 1. The van der Waals surface area contributed by atoms with Crippen molar-refractivity contribution in [3.05, 3.63) is 127 Å². The highest BCUT2D eigenvalue weighted by atomic mass is 31.2. The summed E-state index contributed by atoms with van der Waals surface area (Å²) >= 11 is 0. The largest absolute Gasteiger partial charge is 0.466 e. The number of nitrogens with zero attached hydrogens (tertiary/aromatic N) is 1. The van der Waals surface area contributed by atoms with Crippen LogP contribution in [-0.4, -0.2) is 13.1 Å². The maximum atomic E-state index is 11.7. The second-order valence-electron chi connectivity index (χ2n) is 7.16. The first-order valence-corrected chi connectivity index (χ1v) is 12.1. The van der Waals surface area contributed by atoms with Crippen molar-refractivity contribution >= 4 is 40.7 Å². The molecule has 0 saturated carbocycles. The van der Waals surface area contributed by atoms with Gasteiger partial charge in [-0.1, -0.05) is 109 Å². The molecule has 0 radical (unpaired) electrons. The van der Waals surface area contributed by atoms with Crippen LogP contribution in [0.1, 0.15) is 5.56 Å². The van der Waals surface area contributed by atoms with Crippen LogP contribution in [-0.2, 0) is 9.53 Å². The number of carbonyl (C=O) groups is 1. The van der Waals surface area contributed by atoms with E-state index < -0.39 is 13.0 Å². The van der Waals surface area contributed by atoms with Gasteiger partial charge in [0, 0.05) is 27.6 Å². The molecule has 0 N–H and O–H groups in total. The molecular formula is C28H24NO2P. The van der Waals surface area contributed by atoms with Crippen molar-refractivity contribution in [2.45, 2.75) is 0 Å². The third-order valence-corrected chi connectivity index (χ3v) is 8.84. The molecule has 0 atom stereocenters. The van der Waals surface area contributed by atoms with E-state index in [0.29, 0.717) is 0 Å². The van der Waals surface area contributed by atoms with Gasteiger partial charge in [0.25, 0.3) is 0 Å². The lowest BCUT2D eigenvalue weighted by molar-refractivity contribution is -0.134. The lowest BCUT2D eigenvalue weighted by Gasteiger charge is -2.27. The Morgan fingerprint density at radius 2 is 1.12 bits per heavy atom.